The van der Waals surface area contributed by atoms with Crippen molar-refractivity contribution in [2.75, 3.05) is 7.05 Å². The first-order valence-electron chi connectivity index (χ1n) is 5.94. The Morgan fingerprint density at radius 1 is 1.53 bits per heavy atom. The number of carbonyl (C=O) groups excluding carboxylic acids is 1. The summed E-state index contributed by atoms with van der Waals surface area (Å²) in [6.45, 7) is 0.416. The fourth-order valence-corrected chi connectivity index (χ4v) is 3.11. The second kappa shape index (κ2) is 5.38. The lowest BCUT2D eigenvalue weighted by Gasteiger charge is -2.39. The lowest BCUT2D eigenvalue weighted by Crippen LogP contribution is -2.61. The zero-order valence-electron chi connectivity index (χ0n) is 10.5. The molecule has 1 fully saturated rings. The van der Waals surface area contributed by atoms with Crippen LogP contribution in [-0.4, -0.2) is 34.6 Å². The highest BCUT2D eigenvalue weighted by Gasteiger charge is 2.46. The van der Waals surface area contributed by atoms with Crippen LogP contribution in [0.15, 0.2) is 12.1 Å². The van der Waals surface area contributed by atoms with Crippen LogP contribution < -0.4 is 5.32 Å². The molecule has 0 radical (unpaired) electrons. The summed E-state index contributed by atoms with van der Waals surface area (Å²) in [5, 5.41) is 11.8. The van der Waals surface area contributed by atoms with Gasteiger partial charge < -0.3 is 15.3 Å². The van der Waals surface area contributed by atoms with E-state index in [-0.39, 0.29) is 6.03 Å². The first kappa shape index (κ1) is 14.1. The number of amides is 2. The minimum Gasteiger partial charge on any atom is -0.480 e. The molecule has 5 nitrogen and oxygen atoms in total. The van der Waals surface area contributed by atoms with Gasteiger partial charge >= 0.3 is 12.0 Å². The van der Waals surface area contributed by atoms with Gasteiger partial charge in [0, 0.05) is 11.9 Å². The second-order valence-corrected chi connectivity index (χ2v) is 6.53. The highest BCUT2D eigenvalue weighted by atomic mass is 35.5. The Labute approximate surface area is 120 Å². The molecule has 0 spiro atoms. The van der Waals surface area contributed by atoms with Crippen LogP contribution in [0, 0.1) is 0 Å². The molecule has 0 aliphatic heterocycles. The van der Waals surface area contributed by atoms with E-state index in [1.807, 2.05) is 6.07 Å². The number of rotatable bonds is 4. The van der Waals surface area contributed by atoms with E-state index in [2.05, 4.69) is 5.32 Å². The van der Waals surface area contributed by atoms with Crippen molar-refractivity contribution in [3.05, 3.63) is 21.3 Å². The van der Waals surface area contributed by atoms with Crippen molar-refractivity contribution >= 4 is 34.9 Å². The van der Waals surface area contributed by atoms with Crippen molar-refractivity contribution in [3.8, 4) is 0 Å². The summed E-state index contributed by atoms with van der Waals surface area (Å²) in [7, 11) is 1.64. The number of urea groups is 1. The number of carboxylic acid groups (broad SMARTS) is 1. The molecule has 1 aliphatic rings. The molecule has 2 N–H and O–H groups in total. The standard InChI is InChI=1S/C12H15ClN2O3S/c1-15(7-8-3-4-9(13)19-8)11(18)14-12(10(16)17)5-2-6-12/h3-4H,2,5-7H2,1H3,(H,14,18)(H,16,17). The minimum absolute atomic E-state index is 0.369. The van der Waals surface area contributed by atoms with Gasteiger partial charge in [-0.05, 0) is 31.4 Å². The first-order valence-corrected chi connectivity index (χ1v) is 7.13. The van der Waals surface area contributed by atoms with Crippen LogP contribution in [0.2, 0.25) is 4.34 Å². The number of nitrogens with zero attached hydrogens (tertiary/aromatic N) is 1. The van der Waals surface area contributed by atoms with E-state index in [0.717, 1.165) is 11.3 Å². The van der Waals surface area contributed by atoms with E-state index in [9.17, 15) is 9.59 Å². The topological polar surface area (TPSA) is 69.6 Å². The number of hydrogen-bond acceptors (Lipinski definition) is 3. The molecule has 1 aromatic heterocycles. The number of hydrogen-bond donors (Lipinski definition) is 2. The zero-order chi connectivity index (χ0) is 14.0. The Morgan fingerprint density at radius 3 is 2.63 bits per heavy atom. The van der Waals surface area contributed by atoms with Gasteiger partial charge in [0.25, 0.3) is 0 Å². The number of carboxylic acids is 1. The van der Waals surface area contributed by atoms with Crippen LogP contribution in [0.3, 0.4) is 0 Å². The monoisotopic (exact) mass is 302 g/mol. The predicted octanol–water partition coefficient (Wildman–Crippen LogP) is 2.55. The largest absolute Gasteiger partial charge is 0.480 e. The summed E-state index contributed by atoms with van der Waals surface area (Å²) in [6.07, 6.45) is 1.82. The Kier molecular flexibility index (Phi) is 4.01. The average molecular weight is 303 g/mol. The molecule has 2 amide bonds. The van der Waals surface area contributed by atoms with Gasteiger partial charge in [-0.3, -0.25) is 0 Å². The molecule has 1 aliphatic carbocycles. The Bertz CT molecular complexity index is 499. The van der Waals surface area contributed by atoms with Crippen molar-refractivity contribution in [1.29, 1.82) is 0 Å². The van der Waals surface area contributed by atoms with Crippen molar-refractivity contribution in [2.24, 2.45) is 0 Å². The summed E-state index contributed by atoms with van der Waals surface area (Å²) in [6, 6.07) is 3.26. The Hall–Kier alpha value is -1.27. The lowest BCUT2D eigenvalue weighted by atomic mass is 9.77. The summed E-state index contributed by atoms with van der Waals surface area (Å²) in [4.78, 5) is 25.6. The van der Waals surface area contributed by atoms with E-state index in [1.54, 1.807) is 13.1 Å². The van der Waals surface area contributed by atoms with Gasteiger partial charge in [-0.2, -0.15) is 0 Å². The minimum atomic E-state index is -1.07. The van der Waals surface area contributed by atoms with Gasteiger partial charge in [-0.1, -0.05) is 11.6 Å². The molecular weight excluding hydrogens is 288 g/mol. The Morgan fingerprint density at radius 2 is 2.21 bits per heavy atom. The SMILES string of the molecule is CN(Cc1ccc(Cl)s1)C(=O)NC1(C(=O)O)CCC1. The van der Waals surface area contributed by atoms with E-state index >= 15 is 0 Å². The van der Waals surface area contributed by atoms with Crippen LogP contribution in [0.4, 0.5) is 4.79 Å². The van der Waals surface area contributed by atoms with Crippen molar-refractivity contribution in [2.45, 2.75) is 31.3 Å². The summed E-state index contributed by atoms with van der Waals surface area (Å²) < 4.78 is 0.671. The van der Waals surface area contributed by atoms with Crippen molar-refractivity contribution in [3.63, 3.8) is 0 Å². The number of halogens is 1. The number of thiophene rings is 1. The van der Waals surface area contributed by atoms with Crippen LogP contribution in [0.25, 0.3) is 0 Å². The van der Waals surface area contributed by atoms with E-state index in [4.69, 9.17) is 16.7 Å². The molecule has 1 saturated carbocycles. The number of carbonyl (C=O) groups is 2. The van der Waals surface area contributed by atoms with Crippen LogP contribution in [-0.2, 0) is 11.3 Å². The molecule has 104 valence electrons. The number of aliphatic carboxylic acids is 1. The van der Waals surface area contributed by atoms with Crippen molar-refractivity contribution < 1.29 is 14.7 Å². The smallest absolute Gasteiger partial charge is 0.329 e. The molecule has 7 heteroatoms. The van der Waals surface area contributed by atoms with Gasteiger partial charge in [0.05, 0.1) is 10.9 Å². The fourth-order valence-electron chi connectivity index (χ4n) is 1.97. The van der Waals surface area contributed by atoms with Gasteiger partial charge in [0.2, 0.25) is 0 Å². The summed E-state index contributed by atoms with van der Waals surface area (Å²) in [5.41, 5.74) is -1.07. The third-order valence-electron chi connectivity index (χ3n) is 3.33. The average Bonchev–Trinajstić information content (AvgIpc) is 2.68. The molecule has 0 bridgehead atoms. The lowest BCUT2D eigenvalue weighted by molar-refractivity contribution is -0.148. The molecule has 0 atom stereocenters. The highest BCUT2D eigenvalue weighted by molar-refractivity contribution is 7.16. The molecule has 0 saturated heterocycles. The van der Waals surface area contributed by atoms with E-state index in [0.29, 0.717) is 23.7 Å². The molecule has 1 heterocycles. The fraction of sp³-hybridized carbons (Fsp3) is 0.500. The maximum Gasteiger partial charge on any atom is 0.329 e. The summed E-state index contributed by atoms with van der Waals surface area (Å²) >= 11 is 7.23. The Balaban J connectivity index is 1.94. The van der Waals surface area contributed by atoms with Crippen molar-refractivity contribution in [1.82, 2.24) is 10.2 Å². The normalized spacial score (nSPS) is 16.5. The molecule has 0 unspecified atom stereocenters. The van der Waals surface area contributed by atoms with E-state index < -0.39 is 11.5 Å². The maximum atomic E-state index is 12.0. The highest BCUT2D eigenvalue weighted by Crippen LogP contribution is 2.32. The molecule has 0 aromatic carbocycles. The first-order chi connectivity index (χ1) is 8.93. The number of nitrogens with one attached hydrogen (secondary N) is 1. The second-order valence-electron chi connectivity index (χ2n) is 4.73. The quantitative estimate of drug-likeness (QED) is 0.898. The maximum absolute atomic E-state index is 12.0. The van der Waals surface area contributed by atoms with Gasteiger partial charge in [-0.15, -0.1) is 11.3 Å². The molecule has 2 rings (SSSR count). The third kappa shape index (κ3) is 3.01. The molecule has 1 aromatic rings. The van der Waals surface area contributed by atoms with Crippen LogP contribution in [0.1, 0.15) is 24.1 Å². The zero-order valence-corrected chi connectivity index (χ0v) is 12.1. The van der Waals surface area contributed by atoms with Crippen LogP contribution >= 0.6 is 22.9 Å². The summed E-state index contributed by atoms with van der Waals surface area (Å²) in [5.74, 6) is -0.959. The third-order valence-corrected chi connectivity index (χ3v) is 4.55. The molecular formula is C12H15ClN2O3S. The van der Waals surface area contributed by atoms with E-state index in [1.165, 1.54) is 16.2 Å². The van der Waals surface area contributed by atoms with Crippen LogP contribution in [0.5, 0.6) is 0 Å². The molecule has 19 heavy (non-hydrogen) atoms. The predicted molar refractivity (Wildman–Crippen MR) is 73.5 cm³/mol. The van der Waals surface area contributed by atoms with Gasteiger partial charge in [-0.25, -0.2) is 9.59 Å². The van der Waals surface area contributed by atoms with Gasteiger partial charge in [0.1, 0.15) is 5.54 Å². The van der Waals surface area contributed by atoms with Gasteiger partial charge in [0.15, 0.2) is 0 Å².